The lowest BCUT2D eigenvalue weighted by Crippen LogP contribution is -2.33. The Kier molecular flexibility index (Phi) is 6.17. The largest absolute Gasteiger partial charge is 0.497 e. The molecule has 1 atom stereocenters. The molecule has 0 aromatic heterocycles. The third-order valence-electron chi connectivity index (χ3n) is 2.22. The van der Waals surface area contributed by atoms with Crippen LogP contribution < -0.4 is 15.8 Å². The molecule has 0 heterocycles. The molecule has 0 saturated heterocycles. The lowest BCUT2D eigenvalue weighted by atomic mass is 10.3. The molecule has 1 aromatic carbocycles. The predicted molar refractivity (Wildman–Crippen MR) is 74.6 cm³/mol. The van der Waals surface area contributed by atoms with Crippen molar-refractivity contribution in [2.24, 2.45) is 5.73 Å². The van der Waals surface area contributed by atoms with Crippen molar-refractivity contribution in [2.75, 3.05) is 23.9 Å². The van der Waals surface area contributed by atoms with Gasteiger partial charge in [-0.3, -0.25) is 9.59 Å². The fraction of sp³-hybridized carbons (Fsp3) is 0.333. The number of benzene rings is 1. The summed E-state index contributed by atoms with van der Waals surface area (Å²) >= 11 is 1.18. The van der Waals surface area contributed by atoms with E-state index in [0.29, 0.717) is 11.4 Å². The highest BCUT2D eigenvalue weighted by molar-refractivity contribution is 8.00. The van der Waals surface area contributed by atoms with Gasteiger partial charge in [-0.2, -0.15) is 0 Å². The van der Waals surface area contributed by atoms with Crippen molar-refractivity contribution in [3.63, 3.8) is 0 Å². The Hall–Kier alpha value is -1.73. The molecule has 0 spiro atoms. The first-order valence-electron chi connectivity index (χ1n) is 5.53. The maximum Gasteiger partial charge on any atom is 0.321 e. The number of amides is 1. The Morgan fingerprint density at radius 2 is 2.05 bits per heavy atom. The smallest absolute Gasteiger partial charge is 0.321 e. The van der Waals surface area contributed by atoms with Crippen LogP contribution in [0.5, 0.6) is 5.75 Å². The number of methoxy groups -OCH3 is 1. The number of hydrogen-bond donors (Lipinski definition) is 3. The number of aliphatic carboxylic acids is 1. The summed E-state index contributed by atoms with van der Waals surface area (Å²) in [5, 5.41) is 11.3. The van der Waals surface area contributed by atoms with Crippen LogP contribution in [-0.4, -0.2) is 41.6 Å². The Balaban J connectivity index is 2.32. The molecule has 104 valence electrons. The van der Waals surface area contributed by atoms with E-state index in [2.05, 4.69) is 5.32 Å². The average Bonchev–Trinajstić information content (AvgIpc) is 2.39. The number of carboxylic acid groups (broad SMARTS) is 1. The fourth-order valence-corrected chi connectivity index (χ4v) is 1.99. The summed E-state index contributed by atoms with van der Waals surface area (Å²) in [6, 6.07) is 5.99. The van der Waals surface area contributed by atoms with E-state index in [1.54, 1.807) is 31.4 Å². The Bertz CT molecular complexity index is 436. The molecular formula is C12H16N2O4S. The van der Waals surface area contributed by atoms with Crippen molar-refractivity contribution in [3.05, 3.63) is 24.3 Å². The summed E-state index contributed by atoms with van der Waals surface area (Å²) in [5.41, 5.74) is 5.98. The molecular weight excluding hydrogens is 268 g/mol. The number of anilines is 1. The van der Waals surface area contributed by atoms with Crippen molar-refractivity contribution in [1.29, 1.82) is 0 Å². The van der Waals surface area contributed by atoms with E-state index in [4.69, 9.17) is 15.6 Å². The molecule has 19 heavy (non-hydrogen) atoms. The fourth-order valence-electron chi connectivity index (χ4n) is 1.22. The van der Waals surface area contributed by atoms with Crippen molar-refractivity contribution in [2.45, 2.75) is 6.04 Å². The molecule has 0 aliphatic carbocycles. The summed E-state index contributed by atoms with van der Waals surface area (Å²) < 4.78 is 5.00. The zero-order chi connectivity index (χ0) is 14.3. The minimum atomic E-state index is -1.07. The first kappa shape index (κ1) is 15.3. The van der Waals surface area contributed by atoms with Gasteiger partial charge in [0.2, 0.25) is 5.91 Å². The van der Waals surface area contributed by atoms with Gasteiger partial charge in [0.1, 0.15) is 11.8 Å². The quantitative estimate of drug-likeness (QED) is 0.684. The highest BCUT2D eigenvalue weighted by Gasteiger charge is 2.12. The number of carbonyl (C=O) groups excluding carboxylic acids is 1. The number of carbonyl (C=O) groups is 2. The van der Waals surface area contributed by atoms with Gasteiger partial charge in [-0.25, -0.2) is 0 Å². The van der Waals surface area contributed by atoms with Gasteiger partial charge in [0.15, 0.2) is 0 Å². The lowest BCUT2D eigenvalue weighted by Gasteiger charge is -2.07. The topological polar surface area (TPSA) is 102 Å². The molecule has 0 saturated carbocycles. The van der Waals surface area contributed by atoms with Crippen LogP contribution >= 0.6 is 11.8 Å². The van der Waals surface area contributed by atoms with Gasteiger partial charge < -0.3 is 20.9 Å². The number of ether oxygens (including phenoxy) is 1. The molecule has 1 amide bonds. The van der Waals surface area contributed by atoms with Gasteiger partial charge in [0.05, 0.1) is 12.9 Å². The van der Waals surface area contributed by atoms with Crippen molar-refractivity contribution < 1.29 is 19.4 Å². The van der Waals surface area contributed by atoms with Gasteiger partial charge in [-0.05, 0) is 24.3 Å². The van der Waals surface area contributed by atoms with Crippen LogP contribution in [0, 0.1) is 0 Å². The van der Waals surface area contributed by atoms with E-state index < -0.39 is 12.0 Å². The summed E-state index contributed by atoms with van der Waals surface area (Å²) in [7, 11) is 1.57. The van der Waals surface area contributed by atoms with Crippen LogP contribution in [0.3, 0.4) is 0 Å². The zero-order valence-electron chi connectivity index (χ0n) is 10.5. The normalized spacial score (nSPS) is 11.7. The molecule has 0 aliphatic rings. The standard InChI is InChI=1S/C12H16N2O4S/c1-18-9-4-2-8(3-5-9)14-11(15)7-19-6-10(13)12(16)17/h2-5,10H,6-7,13H2,1H3,(H,14,15)(H,16,17)/t10-/m1/s1. The zero-order valence-corrected chi connectivity index (χ0v) is 11.3. The van der Waals surface area contributed by atoms with Crippen LogP contribution in [0.25, 0.3) is 0 Å². The predicted octanol–water partition coefficient (Wildman–Crippen LogP) is 0.779. The van der Waals surface area contributed by atoms with Crippen molar-refractivity contribution >= 4 is 29.3 Å². The number of nitrogens with two attached hydrogens (primary N) is 1. The average molecular weight is 284 g/mol. The van der Waals surface area contributed by atoms with Crippen molar-refractivity contribution in [1.82, 2.24) is 0 Å². The van der Waals surface area contributed by atoms with E-state index in [0.717, 1.165) is 0 Å². The van der Waals surface area contributed by atoms with Crippen LogP contribution in [-0.2, 0) is 9.59 Å². The number of nitrogens with one attached hydrogen (secondary N) is 1. The number of carboxylic acids is 1. The van der Waals surface area contributed by atoms with Gasteiger partial charge in [0, 0.05) is 11.4 Å². The van der Waals surface area contributed by atoms with Crippen LogP contribution in [0.1, 0.15) is 0 Å². The molecule has 1 rings (SSSR count). The minimum Gasteiger partial charge on any atom is -0.497 e. The number of thioether (sulfide) groups is 1. The van der Waals surface area contributed by atoms with E-state index in [-0.39, 0.29) is 17.4 Å². The van der Waals surface area contributed by atoms with E-state index in [9.17, 15) is 9.59 Å². The summed E-state index contributed by atoms with van der Waals surface area (Å²) in [4.78, 5) is 22.0. The minimum absolute atomic E-state index is 0.160. The maximum absolute atomic E-state index is 11.6. The second-order valence-electron chi connectivity index (χ2n) is 3.74. The maximum atomic E-state index is 11.6. The number of hydrogen-bond acceptors (Lipinski definition) is 5. The van der Waals surface area contributed by atoms with Crippen LogP contribution in [0.15, 0.2) is 24.3 Å². The first-order valence-corrected chi connectivity index (χ1v) is 6.68. The molecule has 4 N–H and O–H groups in total. The molecule has 6 nitrogen and oxygen atoms in total. The highest BCUT2D eigenvalue weighted by Crippen LogP contribution is 2.15. The van der Waals surface area contributed by atoms with Crippen molar-refractivity contribution in [3.8, 4) is 5.75 Å². The third kappa shape index (κ3) is 5.62. The van der Waals surface area contributed by atoms with Gasteiger partial charge in [-0.1, -0.05) is 0 Å². The molecule has 7 heteroatoms. The molecule has 0 radical (unpaired) electrons. The van der Waals surface area contributed by atoms with E-state index in [1.165, 1.54) is 11.8 Å². The molecule has 0 bridgehead atoms. The van der Waals surface area contributed by atoms with Gasteiger partial charge in [-0.15, -0.1) is 11.8 Å². The van der Waals surface area contributed by atoms with Crippen LogP contribution in [0.2, 0.25) is 0 Å². The van der Waals surface area contributed by atoms with E-state index >= 15 is 0 Å². The number of rotatable bonds is 7. The molecule has 0 unspecified atom stereocenters. The monoisotopic (exact) mass is 284 g/mol. The van der Waals surface area contributed by atoms with Gasteiger partial charge in [0.25, 0.3) is 0 Å². The third-order valence-corrected chi connectivity index (χ3v) is 3.28. The second kappa shape index (κ2) is 7.65. The second-order valence-corrected chi connectivity index (χ2v) is 4.77. The highest BCUT2D eigenvalue weighted by atomic mass is 32.2. The Morgan fingerprint density at radius 1 is 1.42 bits per heavy atom. The molecule has 0 fully saturated rings. The van der Waals surface area contributed by atoms with E-state index in [1.807, 2.05) is 0 Å². The molecule has 0 aliphatic heterocycles. The summed E-state index contributed by atoms with van der Waals surface area (Å²) in [5.74, 6) is -0.200. The first-order chi connectivity index (χ1) is 9.02. The Morgan fingerprint density at radius 3 is 2.58 bits per heavy atom. The lowest BCUT2D eigenvalue weighted by molar-refractivity contribution is -0.137. The summed E-state index contributed by atoms with van der Waals surface area (Å²) in [6.07, 6.45) is 0. The van der Waals surface area contributed by atoms with Gasteiger partial charge >= 0.3 is 5.97 Å². The molecule has 1 aromatic rings. The van der Waals surface area contributed by atoms with Crippen LogP contribution in [0.4, 0.5) is 5.69 Å². The SMILES string of the molecule is COc1ccc(NC(=O)CSC[C@@H](N)C(=O)O)cc1. The summed E-state index contributed by atoms with van der Waals surface area (Å²) in [6.45, 7) is 0. The Labute approximate surface area is 115 Å².